The van der Waals surface area contributed by atoms with Gasteiger partial charge in [0.05, 0.1) is 5.22 Å². The molecule has 1 aromatic heterocycles. The molecule has 1 aliphatic carbocycles. The molecule has 1 saturated carbocycles. The quantitative estimate of drug-likeness (QED) is 0.538. The number of rotatable bonds is 2. The van der Waals surface area contributed by atoms with Crippen molar-refractivity contribution in [1.29, 1.82) is 5.41 Å². The summed E-state index contributed by atoms with van der Waals surface area (Å²) in [6.45, 7) is 0. The maximum absolute atomic E-state index is 12.6. The summed E-state index contributed by atoms with van der Waals surface area (Å²) in [5, 5.41) is 12.6. The summed E-state index contributed by atoms with van der Waals surface area (Å²) in [7, 11) is 0. The molecule has 0 spiro atoms. The first-order chi connectivity index (χ1) is 14.2. The van der Waals surface area contributed by atoms with E-state index in [9.17, 15) is 4.79 Å². The summed E-state index contributed by atoms with van der Waals surface area (Å²) in [6.07, 6.45) is 7.37. The van der Waals surface area contributed by atoms with E-state index >= 15 is 0 Å². The zero-order chi connectivity index (χ0) is 19.8. The van der Waals surface area contributed by atoms with Crippen molar-refractivity contribution < 1.29 is 4.42 Å². The second kappa shape index (κ2) is 7.33. The van der Waals surface area contributed by atoms with Gasteiger partial charge in [0.2, 0.25) is 5.13 Å². The van der Waals surface area contributed by atoms with Crippen LogP contribution in [0.25, 0.3) is 28.1 Å². The average molecular weight is 404 g/mol. The highest BCUT2D eigenvalue weighted by molar-refractivity contribution is 7.11. The van der Waals surface area contributed by atoms with E-state index < -0.39 is 5.56 Å². The molecule has 0 atom stereocenters. The summed E-state index contributed by atoms with van der Waals surface area (Å²) < 4.78 is 8.48. The average Bonchev–Trinajstić information content (AvgIpc) is 3.40. The predicted molar refractivity (Wildman–Crippen MR) is 113 cm³/mol. The van der Waals surface area contributed by atoms with Crippen LogP contribution in [0, 0.1) is 5.41 Å². The van der Waals surface area contributed by atoms with Gasteiger partial charge in [-0.1, -0.05) is 48.1 Å². The molecule has 0 radical (unpaired) electrons. The summed E-state index contributed by atoms with van der Waals surface area (Å²) in [6, 6.07) is 13.4. The number of H-pyrrole nitrogens is 1. The summed E-state index contributed by atoms with van der Waals surface area (Å²) in [5.74, 6) is 1.24. The van der Waals surface area contributed by atoms with Crippen molar-refractivity contribution in [3.63, 3.8) is 0 Å². The molecule has 0 unspecified atom stereocenters. The fourth-order valence-corrected chi connectivity index (χ4v) is 4.74. The molecule has 0 bridgehead atoms. The van der Waals surface area contributed by atoms with Crippen LogP contribution in [0.1, 0.15) is 37.9 Å². The van der Waals surface area contributed by atoms with Crippen LogP contribution < -0.4 is 20.9 Å². The predicted octanol–water partition coefficient (Wildman–Crippen LogP) is 2.74. The van der Waals surface area contributed by atoms with E-state index in [1.807, 2.05) is 36.4 Å². The molecule has 2 N–H and O–H groups in total. The van der Waals surface area contributed by atoms with Crippen LogP contribution >= 0.6 is 11.3 Å². The maximum Gasteiger partial charge on any atom is 0.283 e. The van der Waals surface area contributed by atoms with Crippen LogP contribution in [0.4, 0.5) is 0 Å². The second-order valence-corrected chi connectivity index (χ2v) is 8.19. The number of hydrogen-bond acceptors (Lipinski definition) is 5. The van der Waals surface area contributed by atoms with Crippen LogP contribution in [0.3, 0.4) is 0 Å². The lowest BCUT2D eigenvalue weighted by Crippen LogP contribution is -2.47. The minimum atomic E-state index is -0.414. The van der Waals surface area contributed by atoms with Crippen molar-refractivity contribution >= 4 is 23.0 Å². The standard InChI is InChI=1S/C22H20N4O2S/c23-19-17(13-16-11-12-18(28-16)14-7-3-1-4-8-14)20(27)24-22-26(19)25-21(29-22)15-9-5-2-6-10-15/h1,3-4,7-8,11-13,23,25H,2,5-6,9-10H2. The van der Waals surface area contributed by atoms with Gasteiger partial charge in [-0.3, -0.25) is 15.3 Å². The van der Waals surface area contributed by atoms with Gasteiger partial charge in [-0.15, -0.1) is 0 Å². The van der Waals surface area contributed by atoms with Gasteiger partial charge in [0, 0.05) is 5.56 Å². The lowest BCUT2D eigenvalue weighted by atomic mass is 9.96. The van der Waals surface area contributed by atoms with Gasteiger partial charge in [0.1, 0.15) is 16.2 Å². The van der Waals surface area contributed by atoms with Crippen molar-refractivity contribution in [1.82, 2.24) is 14.8 Å². The fourth-order valence-electron chi connectivity index (χ4n) is 3.72. The van der Waals surface area contributed by atoms with Crippen molar-refractivity contribution in [2.45, 2.75) is 32.1 Å². The Hall–Kier alpha value is -3.19. The van der Waals surface area contributed by atoms with E-state index in [0.717, 1.165) is 28.8 Å². The Morgan fingerprint density at radius 2 is 1.90 bits per heavy atom. The van der Waals surface area contributed by atoms with Crippen molar-refractivity contribution in [3.05, 3.63) is 73.9 Å². The van der Waals surface area contributed by atoms with E-state index in [1.54, 1.807) is 16.8 Å². The molecular weight excluding hydrogens is 384 g/mol. The molecule has 2 aliphatic heterocycles. The van der Waals surface area contributed by atoms with E-state index in [1.165, 1.54) is 36.2 Å². The molecule has 2 aromatic rings. The SMILES string of the molecule is N=c1c(=Cc2ccc(-c3ccccc3)o2)c(=O)nc2sc(=C3CCCCC3)[nH]n1-2. The van der Waals surface area contributed by atoms with Gasteiger partial charge in [0.15, 0.2) is 5.49 Å². The summed E-state index contributed by atoms with van der Waals surface area (Å²) >= 11 is 1.45. The van der Waals surface area contributed by atoms with Crippen LogP contribution in [-0.4, -0.2) is 14.8 Å². The lowest BCUT2D eigenvalue weighted by Gasteiger charge is -2.11. The monoisotopic (exact) mass is 404 g/mol. The van der Waals surface area contributed by atoms with Gasteiger partial charge in [-0.25, -0.2) is 4.68 Å². The molecule has 29 heavy (non-hydrogen) atoms. The van der Waals surface area contributed by atoms with Crippen LogP contribution in [0.2, 0.25) is 0 Å². The Kier molecular flexibility index (Phi) is 4.52. The number of nitrogens with zero attached hydrogens (tertiary/aromatic N) is 2. The minimum Gasteiger partial charge on any atom is -0.457 e. The highest BCUT2D eigenvalue weighted by atomic mass is 32.1. The summed E-state index contributed by atoms with van der Waals surface area (Å²) in [4.78, 5) is 16.8. The molecule has 1 aromatic carbocycles. The van der Waals surface area contributed by atoms with Gasteiger partial charge in [0.25, 0.3) is 5.56 Å². The zero-order valence-electron chi connectivity index (χ0n) is 15.8. The first kappa shape index (κ1) is 17.9. The largest absolute Gasteiger partial charge is 0.457 e. The molecule has 1 fully saturated rings. The first-order valence-electron chi connectivity index (χ1n) is 9.74. The van der Waals surface area contributed by atoms with E-state index in [2.05, 4.69) is 10.1 Å². The van der Waals surface area contributed by atoms with Gasteiger partial charge >= 0.3 is 0 Å². The molecule has 3 aliphatic rings. The second-order valence-electron chi connectivity index (χ2n) is 7.22. The van der Waals surface area contributed by atoms with Crippen LogP contribution in [0.5, 0.6) is 0 Å². The Morgan fingerprint density at radius 1 is 1.10 bits per heavy atom. The highest BCUT2D eigenvalue weighted by Gasteiger charge is 2.14. The molecule has 146 valence electrons. The van der Waals surface area contributed by atoms with E-state index in [-0.39, 0.29) is 10.7 Å². The zero-order valence-corrected chi connectivity index (χ0v) is 16.6. The Morgan fingerprint density at radius 3 is 2.69 bits per heavy atom. The number of benzene rings is 1. The molecule has 6 nitrogen and oxygen atoms in total. The van der Waals surface area contributed by atoms with Crippen LogP contribution in [-0.2, 0) is 0 Å². The number of nitrogens with one attached hydrogen (secondary N) is 2. The number of hydrogen-bond donors (Lipinski definition) is 2. The Bertz CT molecular complexity index is 1370. The minimum absolute atomic E-state index is 0.0940. The number of aromatic nitrogens is 3. The Balaban J connectivity index is 1.63. The third kappa shape index (κ3) is 3.38. The van der Waals surface area contributed by atoms with E-state index in [4.69, 9.17) is 9.83 Å². The van der Waals surface area contributed by atoms with Gasteiger partial charge in [-0.05, 0) is 49.5 Å². The van der Waals surface area contributed by atoms with Crippen molar-refractivity contribution in [2.24, 2.45) is 0 Å². The van der Waals surface area contributed by atoms with Crippen LogP contribution in [0.15, 0.2) is 51.7 Å². The molecule has 7 heteroatoms. The summed E-state index contributed by atoms with van der Waals surface area (Å²) in [5.41, 5.74) is 2.01. The first-order valence-corrected chi connectivity index (χ1v) is 10.6. The molecule has 3 heterocycles. The van der Waals surface area contributed by atoms with Gasteiger partial charge < -0.3 is 4.42 Å². The smallest absolute Gasteiger partial charge is 0.283 e. The number of aromatic amines is 1. The topological polar surface area (TPSA) is 87.7 Å². The third-order valence-electron chi connectivity index (χ3n) is 5.25. The molecular formula is C22H20N4O2S. The van der Waals surface area contributed by atoms with E-state index in [0.29, 0.717) is 10.9 Å². The molecule has 0 amide bonds. The normalized spacial score (nSPS) is 15.3. The lowest BCUT2D eigenvalue weighted by molar-refractivity contribution is 0.571. The third-order valence-corrected chi connectivity index (χ3v) is 6.29. The van der Waals surface area contributed by atoms with Crippen molar-refractivity contribution in [3.8, 4) is 16.5 Å². The van der Waals surface area contributed by atoms with Crippen molar-refractivity contribution in [2.75, 3.05) is 0 Å². The number of furan rings is 1. The molecule has 0 saturated heterocycles. The highest BCUT2D eigenvalue weighted by Crippen LogP contribution is 2.23. The number of fused-ring (bicyclic) bond motifs is 1. The maximum atomic E-state index is 12.6. The molecule has 5 rings (SSSR count). The Labute approximate surface area is 170 Å². The van der Waals surface area contributed by atoms with Gasteiger partial charge in [-0.2, -0.15) is 4.98 Å². The fraction of sp³-hybridized carbons (Fsp3) is 0.227.